The number of nitrogens with zero attached hydrogens (tertiary/aromatic N) is 1. The molecule has 152 valence electrons. The molecule has 1 aliphatic rings. The lowest BCUT2D eigenvalue weighted by Gasteiger charge is -2.10. The number of hydrogen-bond donors (Lipinski definition) is 0. The molecule has 1 aliphatic heterocycles. The van der Waals surface area contributed by atoms with Gasteiger partial charge in [0.1, 0.15) is 15.8 Å². The fraction of sp³-hybridized carbons (Fsp3) is 0.304. The van der Waals surface area contributed by atoms with E-state index in [9.17, 15) is 4.79 Å². The van der Waals surface area contributed by atoms with E-state index in [0.717, 1.165) is 23.5 Å². The minimum Gasteiger partial charge on any atom is -0.493 e. The number of likely N-dealkylation sites (N-methyl/N-ethyl adjacent to an activating group) is 1. The van der Waals surface area contributed by atoms with Gasteiger partial charge in [0.15, 0.2) is 0 Å². The number of hydrogen-bond acceptors (Lipinski definition) is 5. The predicted molar refractivity (Wildman–Crippen MR) is 124 cm³/mol. The quantitative estimate of drug-likeness (QED) is 0.322. The molecule has 0 aromatic heterocycles. The van der Waals surface area contributed by atoms with Gasteiger partial charge in [-0.15, -0.1) is 0 Å². The lowest BCUT2D eigenvalue weighted by Crippen LogP contribution is -2.27. The molecule has 0 bridgehead atoms. The molecule has 2 aromatic rings. The maximum atomic E-state index is 12.3. The Morgan fingerprint density at radius 1 is 1.00 bits per heavy atom. The first-order valence-corrected chi connectivity index (χ1v) is 10.9. The van der Waals surface area contributed by atoms with Gasteiger partial charge in [-0.05, 0) is 67.8 Å². The van der Waals surface area contributed by atoms with Crippen molar-refractivity contribution >= 4 is 40.3 Å². The fourth-order valence-corrected chi connectivity index (χ4v) is 4.42. The molecule has 0 spiro atoms. The molecule has 0 N–H and O–H groups in total. The summed E-state index contributed by atoms with van der Waals surface area (Å²) in [5.74, 6) is 1.68. The van der Waals surface area contributed by atoms with Gasteiger partial charge in [-0.25, -0.2) is 0 Å². The van der Waals surface area contributed by atoms with E-state index in [-0.39, 0.29) is 5.91 Å². The minimum absolute atomic E-state index is 0.0216. The van der Waals surface area contributed by atoms with E-state index in [1.54, 1.807) is 4.90 Å². The topological polar surface area (TPSA) is 38.8 Å². The largest absolute Gasteiger partial charge is 0.493 e. The molecular formula is C23H25NO3S2. The summed E-state index contributed by atoms with van der Waals surface area (Å²) >= 11 is 6.59. The van der Waals surface area contributed by atoms with Crippen molar-refractivity contribution in [3.8, 4) is 11.5 Å². The molecule has 4 nitrogen and oxygen atoms in total. The second-order valence-electron chi connectivity index (χ2n) is 6.87. The molecule has 0 saturated carbocycles. The Hall–Kier alpha value is -2.31. The van der Waals surface area contributed by atoms with Crippen molar-refractivity contribution in [1.29, 1.82) is 0 Å². The van der Waals surface area contributed by atoms with Crippen LogP contribution in [0, 0.1) is 13.8 Å². The van der Waals surface area contributed by atoms with Crippen molar-refractivity contribution in [1.82, 2.24) is 4.90 Å². The van der Waals surface area contributed by atoms with Crippen molar-refractivity contribution in [2.24, 2.45) is 0 Å². The van der Waals surface area contributed by atoms with Crippen molar-refractivity contribution in [2.75, 3.05) is 19.8 Å². The molecule has 6 heteroatoms. The molecular weight excluding hydrogens is 402 g/mol. The van der Waals surface area contributed by atoms with E-state index in [2.05, 4.69) is 19.9 Å². The monoisotopic (exact) mass is 427 g/mol. The highest BCUT2D eigenvalue weighted by Gasteiger charge is 2.30. The van der Waals surface area contributed by atoms with E-state index in [0.29, 0.717) is 29.0 Å². The number of benzene rings is 2. The molecule has 1 amide bonds. The number of carbonyl (C=O) groups is 1. The molecule has 29 heavy (non-hydrogen) atoms. The lowest BCUT2D eigenvalue weighted by molar-refractivity contribution is -0.121. The number of thiocarbonyl (C=S) groups is 1. The molecule has 1 fully saturated rings. The van der Waals surface area contributed by atoms with Crippen molar-refractivity contribution in [3.63, 3.8) is 0 Å². The number of rotatable bonds is 8. The number of thioether (sulfide) groups is 1. The lowest BCUT2D eigenvalue weighted by atomic mass is 10.1. The number of carbonyl (C=O) groups excluding carboxylic acids is 1. The van der Waals surface area contributed by atoms with Gasteiger partial charge in [-0.2, -0.15) is 0 Å². The molecule has 0 atom stereocenters. The summed E-state index contributed by atoms with van der Waals surface area (Å²) in [4.78, 5) is 14.5. The Morgan fingerprint density at radius 2 is 1.62 bits per heavy atom. The second kappa shape index (κ2) is 9.94. The predicted octanol–water partition coefficient (Wildman–Crippen LogP) is 5.37. The van der Waals surface area contributed by atoms with E-state index >= 15 is 0 Å². The van der Waals surface area contributed by atoms with Crippen molar-refractivity contribution < 1.29 is 14.3 Å². The van der Waals surface area contributed by atoms with Crippen LogP contribution in [0.25, 0.3) is 6.08 Å². The molecule has 2 aromatic carbocycles. The van der Waals surface area contributed by atoms with Gasteiger partial charge in [-0.1, -0.05) is 42.2 Å². The van der Waals surface area contributed by atoms with E-state index in [4.69, 9.17) is 21.7 Å². The Balaban J connectivity index is 1.45. The van der Waals surface area contributed by atoms with Crippen molar-refractivity contribution in [3.05, 3.63) is 64.1 Å². The van der Waals surface area contributed by atoms with Crippen LogP contribution in [0.4, 0.5) is 0 Å². The Morgan fingerprint density at radius 3 is 2.21 bits per heavy atom. The minimum atomic E-state index is -0.0216. The van der Waals surface area contributed by atoms with E-state index in [1.807, 2.05) is 49.4 Å². The summed E-state index contributed by atoms with van der Waals surface area (Å²) < 4.78 is 12.2. The maximum Gasteiger partial charge on any atom is 0.266 e. The zero-order chi connectivity index (χ0) is 20.8. The van der Waals surface area contributed by atoms with Crippen LogP contribution in [0.3, 0.4) is 0 Å². The van der Waals surface area contributed by atoms with E-state index in [1.165, 1.54) is 22.9 Å². The third-order valence-corrected chi connectivity index (χ3v) is 5.77. The maximum absolute atomic E-state index is 12.3. The standard InChI is InChI=1S/C23H25NO3S2/c1-4-24-22(25)21(29-23(24)28)15-18-6-8-19(9-7-18)26-10-5-11-27-20-13-16(2)12-17(3)14-20/h6-9,12-15H,4-5,10-11H2,1-3H3/b21-15-. The number of amides is 1. The summed E-state index contributed by atoms with van der Waals surface area (Å²) in [6.45, 7) is 7.85. The Labute approximate surface area is 181 Å². The molecule has 1 saturated heterocycles. The van der Waals surface area contributed by atoms with Crippen LogP contribution >= 0.6 is 24.0 Å². The smallest absolute Gasteiger partial charge is 0.266 e. The highest BCUT2D eigenvalue weighted by molar-refractivity contribution is 8.26. The Kier molecular flexibility index (Phi) is 7.34. The molecule has 0 aliphatic carbocycles. The highest BCUT2D eigenvalue weighted by atomic mass is 32.2. The average molecular weight is 428 g/mol. The van der Waals surface area contributed by atoms with Gasteiger partial charge in [-0.3, -0.25) is 9.69 Å². The van der Waals surface area contributed by atoms with E-state index < -0.39 is 0 Å². The van der Waals surface area contributed by atoms with Crippen LogP contribution in [-0.4, -0.2) is 34.9 Å². The van der Waals surface area contributed by atoms with Gasteiger partial charge in [0.05, 0.1) is 18.1 Å². The molecule has 0 unspecified atom stereocenters. The summed E-state index contributed by atoms with van der Waals surface area (Å²) in [7, 11) is 0. The molecule has 0 radical (unpaired) electrons. The van der Waals surface area contributed by atoms with Gasteiger partial charge in [0, 0.05) is 13.0 Å². The SMILES string of the molecule is CCN1C(=O)/C(=C/c2ccc(OCCCOc3cc(C)cc(C)c3)cc2)SC1=S. The van der Waals surface area contributed by atoms with Gasteiger partial charge in [0.2, 0.25) is 0 Å². The first-order valence-electron chi connectivity index (χ1n) is 9.65. The zero-order valence-electron chi connectivity index (χ0n) is 16.9. The van der Waals surface area contributed by atoms with Gasteiger partial charge >= 0.3 is 0 Å². The van der Waals surface area contributed by atoms with Crippen LogP contribution in [0.2, 0.25) is 0 Å². The van der Waals surface area contributed by atoms with Crippen LogP contribution in [0.1, 0.15) is 30.0 Å². The van der Waals surface area contributed by atoms with Crippen LogP contribution in [0.15, 0.2) is 47.4 Å². The second-order valence-corrected chi connectivity index (χ2v) is 8.54. The highest BCUT2D eigenvalue weighted by Crippen LogP contribution is 2.32. The van der Waals surface area contributed by atoms with Crippen LogP contribution < -0.4 is 9.47 Å². The summed E-state index contributed by atoms with van der Waals surface area (Å²) in [5, 5.41) is 0. The zero-order valence-corrected chi connectivity index (χ0v) is 18.6. The first-order chi connectivity index (χ1) is 14.0. The van der Waals surface area contributed by atoms with Gasteiger partial charge in [0.25, 0.3) is 5.91 Å². The molecule has 3 rings (SSSR count). The third kappa shape index (κ3) is 5.84. The summed E-state index contributed by atoms with van der Waals surface area (Å²) in [5.41, 5.74) is 3.36. The summed E-state index contributed by atoms with van der Waals surface area (Å²) in [6.07, 6.45) is 2.67. The van der Waals surface area contributed by atoms with Crippen LogP contribution in [-0.2, 0) is 4.79 Å². The van der Waals surface area contributed by atoms with Crippen molar-refractivity contribution in [2.45, 2.75) is 27.2 Å². The Bertz CT molecular complexity index is 902. The van der Waals surface area contributed by atoms with Gasteiger partial charge < -0.3 is 9.47 Å². The van der Waals surface area contributed by atoms with Crippen LogP contribution in [0.5, 0.6) is 11.5 Å². The average Bonchev–Trinajstić information content (AvgIpc) is 2.94. The first kappa shape index (κ1) is 21.4. The fourth-order valence-electron chi connectivity index (χ4n) is 3.04. The number of aryl methyl sites for hydroxylation is 2. The molecule has 1 heterocycles. The third-order valence-electron chi connectivity index (χ3n) is 4.39. The summed E-state index contributed by atoms with van der Waals surface area (Å²) in [6, 6.07) is 13.9. The number of ether oxygens (including phenoxy) is 2. The normalized spacial score (nSPS) is 15.3.